The number of para-hydroxylation sites is 1. The second kappa shape index (κ2) is 11.7. The smallest absolute Gasteiger partial charge is 0.244 e. The Kier molecular flexibility index (Phi) is 9.26. The number of amides is 2. The van der Waals surface area contributed by atoms with E-state index in [1.165, 1.54) is 4.90 Å². The summed E-state index contributed by atoms with van der Waals surface area (Å²) in [5, 5.41) is 2.86. The Hall–Kier alpha value is -2.87. The predicted octanol–water partition coefficient (Wildman–Crippen LogP) is 3.09. The first kappa shape index (κ1) is 25.4. The van der Waals surface area contributed by atoms with Crippen LogP contribution in [0.25, 0.3) is 0 Å². The quantitative estimate of drug-likeness (QED) is 0.559. The highest BCUT2D eigenvalue weighted by molar-refractivity contribution is 7.92. The monoisotopic (exact) mass is 459 g/mol. The summed E-state index contributed by atoms with van der Waals surface area (Å²) in [6.07, 6.45) is 2.27. The maximum Gasteiger partial charge on any atom is 0.244 e. The first-order valence-corrected chi connectivity index (χ1v) is 12.7. The van der Waals surface area contributed by atoms with Crippen LogP contribution in [-0.2, 0) is 26.2 Å². The molecule has 2 aromatic carbocycles. The van der Waals surface area contributed by atoms with E-state index in [0.29, 0.717) is 18.7 Å². The van der Waals surface area contributed by atoms with Crippen LogP contribution in [0.2, 0.25) is 0 Å². The standard InChI is InChI=1S/C24H33N3O4S/c1-5-16-25-24(29)22(6-2)26(17-20-14-12-19(3)13-15-20)23(28)18-27(32(4,30)31)21-10-8-7-9-11-21/h7-15,22H,5-6,16-18H2,1-4H3,(H,25,29)/t22-/m1/s1. The molecule has 2 aromatic rings. The Morgan fingerprint density at radius 3 is 2.16 bits per heavy atom. The van der Waals surface area contributed by atoms with Crippen LogP contribution in [0.15, 0.2) is 54.6 Å². The van der Waals surface area contributed by atoms with E-state index >= 15 is 0 Å². The molecule has 0 aliphatic heterocycles. The number of aryl methyl sites for hydroxylation is 1. The van der Waals surface area contributed by atoms with Crippen molar-refractivity contribution in [3.63, 3.8) is 0 Å². The summed E-state index contributed by atoms with van der Waals surface area (Å²) in [5.74, 6) is -0.668. The van der Waals surface area contributed by atoms with Crippen molar-refractivity contribution in [1.82, 2.24) is 10.2 Å². The minimum Gasteiger partial charge on any atom is -0.354 e. The van der Waals surface area contributed by atoms with Gasteiger partial charge in [-0.25, -0.2) is 8.42 Å². The van der Waals surface area contributed by atoms with Crippen molar-refractivity contribution in [1.29, 1.82) is 0 Å². The highest BCUT2D eigenvalue weighted by Crippen LogP contribution is 2.19. The molecule has 0 unspecified atom stereocenters. The van der Waals surface area contributed by atoms with Crippen LogP contribution in [0, 0.1) is 6.92 Å². The molecule has 7 nitrogen and oxygen atoms in total. The minimum absolute atomic E-state index is 0.212. The zero-order chi connectivity index (χ0) is 23.7. The van der Waals surface area contributed by atoms with Crippen LogP contribution in [0.4, 0.5) is 5.69 Å². The summed E-state index contributed by atoms with van der Waals surface area (Å²) in [7, 11) is -3.71. The van der Waals surface area contributed by atoms with Gasteiger partial charge in [0.1, 0.15) is 12.6 Å². The number of nitrogens with one attached hydrogen (secondary N) is 1. The van der Waals surface area contributed by atoms with Crippen molar-refractivity contribution in [3.8, 4) is 0 Å². The fourth-order valence-corrected chi connectivity index (χ4v) is 4.23. The number of hydrogen-bond acceptors (Lipinski definition) is 4. The zero-order valence-corrected chi connectivity index (χ0v) is 20.1. The van der Waals surface area contributed by atoms with Gasteiger partial charge in [-0.3, -0.25) is 13.9 Å². The van der Waals surface area contributed by atoms with Crippen molar-refractivity contribution in [3.05, 3.63) is 65.7 Å². The molecule has 0 saturated heterocycles. The highest BCUT2D eigenvalue weighted by Gasteiger charge is 2.31. The molecule has 0 aromatic heterocycles. The molecule has 8 heteroatoms. The molecular weight excluding hydrogens is 426 g/mol. The van der Waals surface area contributed by atoms with Gasteiger partial charge in [0.15, 0.2) is 0 Å². The van der Waals surface area contributed by atoms with E-state index in [2.05, 4.69) is 5.32 Å². The number of benzene rings is 2. The number of anilines is 1. The molecule has 0 spiro atoms. The number of sulfonamides is 1. The Balaban J connectivity index is 2.38. The SMILES string of the molecule is CCCNC(=O)[C@@H](CC)N(Cc1ccc(C)cc1)C(=O)CN(c1ccccc1)S(C)(=O)=O. The molecule has 1 atom stereocenters. The van der Waals surface area contributed by atoms with Crippen LogP contribution in [0.1, 0.15) is 37.8 Å². The molecular formula is C24H33N3O4S. The minimum atomic E-state index is -3.71. The van der Waals surface area contributed by atoms with Crippen LogP contribution in [-0.4, -0.2) is 50.5 Å². The Morgan fingerprint density at radius 1 is 1.00 bits per heavy atom. The van der Waals surface area contributed by atoms with E-state index in [0.717, 1.165) is 28.1 Å². The average Bonchev–Trinajstić information content (AvgIpc) is 2.76. The lowest BCUT2D eigenvalue weighted by Crippen LogP contribution is -2.52. The van der Waals surface area contributed by atoms with Gasteiger partial charge in [0.05, 0.1) is 11.9 Å². The van der Waals surface area contributed by atoms with Gasteiger partial charge in [0.25, 0.3) is 0 Å². The van der Waals surface area contributed by atoms with Crippen molar-refractivity contribution in [2.75, 3.05) is 23.7 Å². The Morgan fingerprint density at radius 2 is 1.62 bits per heavy atom. The molecule has 0 aliphatic rings. The number of rotatable bonds is 11. The second-order valence-electron chi connectivity index (χ2n) is 7.83. The van der Waals surface area contributed by atoms with Gasteiger partial charge >= 0.3 is 0 Å². The summed E-state index contributed by atoms with van der Waals surface area (Å²) < 4.78 is 26.0. The van der Waals surface area contributed by atoms with Gasteiger partial charge in [-0.15, -0.1) is 0 Å². The van der Waals surface area contributed by atoms with Crippen molar-refractivity contribution in [2.45, 2.75) is 46.2 Å². The highest BCUT2D eigenvalue weighted by atomic mass is 32.2. The summed E-state index contributed by atoms with van der Waals surface area (Å²) in [6, 6.07) is 15.5. The van der Waals surface area contributed by atoms with Crippen molar-refractivity contribution >= 4 is 27.5 Å². The summed E-state index contributed by atoms with van der Waals surface area (Å²) in [5.41, 5.74) is 2.37. The lowest BCUT2D eigenvalue weighted by Gasteiger charge is -2.32. The fraction of sp³-hybridized carbons (Fsp3) is 0.417. The summed E-state index contributed by atoms with van der Waals surface area (Å²) in [4.78, 5) is 27.8. The molecule has 2 rings (SSSR count). The second-order valence-corrected chi connectivity index (χ2v) is 9.73. The van der Waals surface area contributed by atoms with Crippen molar-refractivity contribution < 1.29 is 18.0 Å². The molecule has 0 radical (unpaired) electrons. The third kappa shape index (κ3) is 7.09. The van der Waals surface area contributed by atoms with Gasteiger partial charge in [-0.05, 0) is 37.5 Å². The van der Waals surface area contributed by atoms with E-state index in [4.69, 9.17) is 0 Å². The molecule has 0 bridgehead atoms. The van der Waals surface area contributed by atoms with Gasteiger partial charge in [-0.2, -0.15) is 0 Å². The third-order valence-corrected chi connectivity index (χ3v) is 6.27. The normalized spacial score (nSPS) is 12.1. The van der Waals surface area contributed by atoms with Crippen LogP contribution >= 0.6 is 0 Å². The lowest BCUT2D eigenvalue weighted by molar-refractivity contribution is -0.140. The van der Waals surface area contributed by atoms with E-state index in [9.17, 15) is 18.0 Å². The van der Waals surface area contributed by atoms with E-state index in [1.807, 2.05) is 45.0 Å². The molecule has 0 heterocycles. The molecule has 2 amide bonds. The Labute approximate surface area is 191 Å². The van der Waals surface area contributed by atoms with Gasteiger partial charge in [-0.1, -0.05) is 61.9 Å². The summed E-state index contributed by atoms with van der Waals surface area (Å²) >= 11 is 0. The van der Waals surface area contributed by atoms with E-state index < -0.39 is 22.0 Å². The fourth-order valence-electron chi connectivity index (χ4n) is 3.38. The summed E-state index contributed by atoms with van der Waals surface area (Å²) in [6.45, 7) is 6.12. The van der Waals surface area contributed by atoms with Crippen molar-refractivity contribution in [2.24, 2.45) is 0 Å². The predicted molar refractivity (Wildman–Crippen MR) is 128 cm³/mol. The number of carbonyl (C=O) groups excluding carboxylic acids is 2. The van der Waals surface area contributed by atoms with Gasteiger partial charge in [0, 0.05) is 13.1 Å². The van der Waals surface area contributed by atoms with Crippen LogP contribution in [0.3, 0.4) is 0 Å². The molecule has 1 N–H and O–H groups in total. The van der Waals surface area contributed by atoms with E-state index in [1.54, 1.807) is 30.3 Å². The van der Waals surface area contributed by atoms with Crippen LogP contribution in [0.5, 0.6) is 0 Å². The van der Waals surface area contributed by atoms with E-state index in [-0.39, 0.29) is 19.0 Å². The topological polar surface area (TPSA) is 86.8 Å². The zero-order valence-electron chi connectivity index (χ0n) is 19.2. The largest absolute Gasteiger partial charge is 0.354 e. The molecule has 0 saturated carbocycles. The number of nitrogens with zero attached hydrogens (tertiary/aromatic N) is 2. The molecule has 32 heavy (non-hydrogen) atoms. The van der Waals surface area contributed by atoms with Gasteiger partial charge < -0.3 is 10.2 Å². The first-order valence-electron chi connectivity index (χ1n) is 10.8. The molecule has 0 fully saturated rings. The first-order chi connectivity index (χ1) is 15.2. The third-order valence-electron chi connectivity index (χ3n) is 5.13. The Bertz CT molecular complexity index is 992. The maximum absolute atomic E-state index is 13.5. The number of carbonyl (C=O) groups is 2. The van der Waals surface area contributed by atoms with Gasteiger partial charge in [0.2, 0.25) is 21.8 Å². The molecule has 0 aliphatic carbocycles. The average molecular weight is 460 g/mol. The number of hydrogen-bond donors (Lipinski definition) is 1. The molecule has 174 valence electrons. The lowest BCUT2D eigenvalue weighted by atomic mass is 10.1. The van der Waals surface area contributed by atoms with Crippen LogP contribution < -0.4 is 9.62 Å². The maximum atomic E-state index is 13.5.